The van der Waals surface area contributed by atoms with Gasteiger partial charge in [-0.1, -0.05) is 12.2 Å². The lowest BCUT2D eigenvalue weighted by Crippen LogP contribution is -2.40. The van der Waals surface area contributed by atoms with E-state index in [1.54, 1.807) is 6.92 Å². The molecule has 0 aliphatic heterocycles. The number of aromatic nitrogens is 2. The lowest BCUT2D eigenvalue weighted by atomic mass is 10.4. The van der Waals surface area contributed by atoms with Crippen LogP contribution in [0.5, 0.6) is 0 Å². The van der Waals surface area contributed by atoms with Gasteiger partial charge in [-0.3, -0.25) is 5.10 Å². The van der Waals surface area contributed by atoms with Crippen LogP contribution >= 0.6 is 12.2 Å². The molecule has 6 nitrogen and oxygen atoms in total. The molecule has 78 valence electrons. The van der Waals surface area contributed by atoms with E-state index in [1.807, 2.05) is 0 Å². The summed E-state index contributed by atoms with van der Waals surface area (Å²) in [5.74, 6) is 0. The predicted molar refractivity (Wildman–Crippen MR) is 55.2 cm³/mol. The zero-order valence-electron chi connectivity index (χ0n) is 7.39. The molecule has 1 rings (SSSR count). The maximum absolute atomic E-state index is 11.5. The van der Waals surface area contributed by atoms with Crippen molar-refractivity contribution < 1.29 is 8.42 Å². The van der Waals surface area contributed by atoms with Gasteiger partial charge in [-0.05, 0) is 6.92 Å². The minimum Gasteiger partial charge on any atom is -0.392 e. The Labute approximate surface area is 86.9 Å². The molecule has 0 spiro atoms. The zero-order chi connectivity index (χ0) is 10.8. The molecule has 0 fully saturated rings. The Bertz CT molecular complexity index is 411. The summed E-state index contributed by atoms with van der Waals surface area (Å²) in [7, 11) is -3.57. The lowest BCUT2D eigenvalue weighted by molar-refractivity contribution is 0.579. The number of sulfonamides is 1. The van der Waals surface area contributed by atoms with E-state index < -0.39 is 16.1 Å². The first-order chi connectivity index (χ1) is 6.43. The molecule has 0 saturated heterocycles. The minimum absolute atomic E-state index is 0.0561. The van der Waals surface area contributed by atoms with Crippen LogP contribution in [0.25, 0.3) is 0 Å². The number of rotatable bonds is 4. The van der Waals surface area contributed by atoms with Crippen LogP contribution < -0.4 is 10.5 Å². The van der Waals surface area contributed by atoms with Gasteiger partial charge in [0.1, 0.15) is 4.90 Å². The third-order valence-corrected chi connectivity index (χ3v) is 3.40. The van der Waals surface area contributed by atoms with Crippen LogP contribution in [0.1, 0.15) is 6.92 Å². The topological polar surface area (TPSA) is 101 Å². The van der Waals surface area contributed by atoms with Gasteiger partial charge < -0.3 is 5.73 Å². The summed E-state index contributed by atoms with van der Waals surface area (Å²) in [5, 5.41) is 5.94. The average molecular weight is 234 g/mol. The number of H-pyrrole nitrogens is 1. The van der Waals surface area contributed by atoms with Crippen molar-refractivity contribution in [3.63, 3.8) is 0 Å². The Balaban J connectivity index is 2.84. The van der Waals surface area contributed by atoms with Crippen molar-refractivity contribution in [2.75, 3.05) is 0 Å². The molecular weight excluding hydrogens is 224 g/mol. The van der Waals surface area contributed by atoms with E-state index >= 15 is 0 Å². The third-order valence-electron chi connectivity index (χ3n) is 1.54. The average Bonchev–Trinajstić information content (AvgIpc) is 2.54. The van der Waals surface area contributed by atoms with Crippen LogP contribution in [0.15, 0.2) is 17.3 Å². The second kappa shape index (κ2) is 4.03. The van der Waals surface area contributed by atoms with Crippen molar-refractivity contribution >= 4 is 27.2 Å². The Morgan fingerprint density at radius 3 is 2.86 bits per heavy atom. The second-order valence-electron chi connectivity index (χ2n) is 2.68. The number of hydrogen-bond acceptors (Lipinski definition) is 4. The van der Waals surface area contributed by atoms with Crippen LogP contribution in [-0.4, -0.2) is 29.6 Å². The molecule has 0 aromatic carbocycles. The number of nitrogens with one attached hydrogen (secondary N) is 2. The van der Waals surface area contributed by atoms with Gasteiger partial charge in [0.25, 0.3) is 0 Å². The van der Waals surface area contributed by atoms with E-state index in [4.69, 9.17) is 5.73 Å². The molecule has 0 aliphatic rings. The highest BCUT2D eigenvalue weighted by atomic mass is 32.2. The van der Waals surface area contributed by atoms with E-state index in [1.165, 1.54) is 12.4 Å². The summed E-state index contributed by atoms with van der Waals surface area (Å²) in [6.07, 6.45) is 2.48. The molecule has 0 bridgehead atoms. The number of thiocarbonyl (C=S) groups is 1. The highest BCUT2D eigenvalue weighted by Crippen LogP contribution is 2.05. The molecule has 0 saturated carbocycles. The maximum atomic E-state index is 11.5. The maximum Gasteiger partial charge on any atom is 0.244 e. The fourth-order valence-corrected chi connectivity index (χ4v) is 2.01. The number of aromatic amines is 1. The van der Waals surface area contributed by atoms with Crippen molar-refractivity contribution in [3.05, 3.63) is 12.4 Å². The van der Waals surface area contributed by atoms with Crippen LogP contribution in [0, 0.1) is 0 Å². The standard InChI is InChI=1S/C6H10N4O2S2/c1-4(6(7)13)10-14(11,12)5-2-8-9-3-5/h2-4,10H,1H3,(H2,7,13)(H,8,9). The molecule has 1 unspecified atom stereocenters. The molecular formula is C6H10N4O2S2. The summed E-state index contributed by atoms with van der Waals surface area (Å²) >= 11 is 4.64. The monoisotopic (exact) mass is 234 g/mol. The molecule has 0 radical (unpaired) electrons. The van der Waals surface area contributed by atoms with E-state index in [-0.39, 0.29) is 9.88 Å². The Kier molecular flexibility index (Phi) is 3.19. The number of hydrogen-bond donors (Lipinski definition) is 3. The van der Waals surface area contributed by atoms with E-state index in [0.29, 0.717) is 0 Å². The van der Waals surface area contributed by atoms with E-state index in [0.717, 1.165) is 0 Å². The zero-order valence-corrected chi connectivity index (χ0v) is 9.02. The first-order valence-corrected chi connectivity index (χ1v) is 5.63. The molecule has 1 aromatic heterocycles. The quantitative estimate of drug-likeness (QED) is 0.602. The second-order valence-corrected chi connectivity index (χ2v) is 4.86. The van der Waals surface area contributed by atoms with Crippen molar-refractivity contribution in [1.29, 1.82) is 0 Å². The van der Waals surface area contributed by atoms with Crippen molar-refractivity contribution in [2.45, 2.75) is 17.9 Å². The molecule has 1 atom stereocenters. The van der Waals surface area contributed by atoms with Gasteiger partial charge in [0.05, 0.1) is 17.2 Å². The van der Waals surface area contributed by atoms with Gasteiger partial charge in [0.2, 0.25) is 10.0 Å². The Morgan fingerprint density at radius 1 is 1.79 bits per heavy atom. The molecule has 0 aliphatic carbocycles. The molecule has 1 aromatic rings. The summed E-state index contributed by atoms with van der Waals surface area (Å²) in [6, 6.07) is -0.579. The van der Waals surface area contributed by atoms with Crippen molar-refractivity contribution in [1.82, 2.24) is 14.9 Å². The van der Waals surface area contributed by atoms with Gasteiger partial charge in [0.15, 0.2) is 0 Å². The fraction of sp³-hybridized carbons (Fsp3) is 0.333. The SMILES string of the molecule is CC(NS(=O)(=O)c1cn[nH]c1)C(N)=S. The summed E-state index contributed by atoms with van der Waals surface area (Å²) < 4.78 is 25.3. The number of nitrogens with two attached hydrogens (primary N) is 1. The van der Waals surface area contributed by atoms with Gasteiger partial charge in [-0.25, -0.2) is 13.1 Å². The molecule has 8 heteroatoms. The third kappa shape index (κ3) is 2.50. The van der Waals surface area contributed by atoms with Crippen molar-refractivity contribution in [3.8, 4) is 0 Å². The predicted octanol–water partition coefficient (Wildman–Crippen LogP) is -0.637. The highest BCUT2D eigenvalue weighted by molar-refractivity contribution is 7.89. The smallest absolute Gasteiger partial charge is 0.244 e. The Hall–Kier alpha value is -0.990. The van der Waals surface area contributed by atoms with E-state index in [2.05, 4.69) is 27.1 Å². The van der Waals surface area contributed by atoms with Gasteiger partial charge in [-0.2, -0.15) is 5.10 Å². The molecule has 0 amide bonds. The largest absolute Gasteiger partial charge is 0.392 e. The summed E-state index contributed by atoms with van der Waals surface area (Å²) in [5.41, 5.74) is 5.28. The fourth-order valence-electron chi connectivity index (χ4n) is 0.745. The normalized spacial score (nSPS) is 13.8. The lowest BCUT2D eigenvalue weighted by Gasteiger charge is -2.10. The van der Waals surface area contributed by atoms with Crippen LogP contribution in [0.2, 0.25) is 0 Å². The van der Waals surface area contributed by atoms with Gasteiger partial charge in [-0.15, -0.1) is 0 Å². The first kappa shape index (κ1) is 11.1. The van der Waals surface area contributed by atoms with Crippen LogP contribution in [0.4, 0.5) is 0 Å². The van der Waals surface area contributed by atoms with Gasteiger partial charge in [0, 0.05) is 6.20 Å². The minimum atomic E-state index is -3.57. The van der Waals surface area contributed by atoms with Crippen LogP contribution in [-0.2, 0) is 10.0 Å². The van der Waals surface area contributed by atoms with Crippen molar-refractivity contribution in [2.24, 2.45) is 5.73 Å². The summed E-state index contributed by atoms with van der Waals surface area (Å²) in [4.78, 5) is 0.151. The summed E-state index contributed by atoms with van der Waals surface area (Å²) in [6.45, 7) is 1.57. The molecule has 14 heavy (non-hydrogen) atoms. The highest BCUT2D eigenvalue weighted by Gasteiger charge is 2.19. The van der Waals surface area contributed by atoms with E-state index in [9.17, 15) is 8.42 Å². The molecule has 4 N–H and O–H groups in total. The van der Waals surface area contributed by atoms with Gasteiger partial charge >= 0.3 is 0 Å². The number of nitrogens with zero attached hydrogens (tertiary/aromatic N) is 1. The first-order valence-electron chi connectivity index (χ1n) is 3.74. The Morgan fingerprint density at radius 2 is 2.43 bits per heavy atom. The van der Waals surface area contributed by atoms with Crippen LogP contribution in [0.3, 0.4) is 0 Å². The molecule has 1 heterocycles.